The molecule has 0 radical (unpaired) electrons. The van der Waals surface area contributed by atoms with Crippen LogP contribution in [-0.2, 0) is 11.2 Å². The lowest BCUT2D eigenvalue weighted by Crippen LogP contribution is -2.16. The van der Waals surface area contributed by atoms with Crippen molar-refractivity contribution in [3.8, 4) is 17.0 Å². The molecule has 4 aromatic rings. The molecule has 1 amide bonds. The molecule has 3 aromatic carbocycles. The first-order valence-corrected chi connectivity index (χ1v) is 10.1. The standard InChI is InChI=1S/C26H22N4O2/c27-21-11-9-20(10-12-21)24-17-28-26(23(29-24)15-8-18-4-2-1-3-5-18)30-25(32)16-19-6-13-22(31)14-7-19/h1-15,17,31H,16,27H2,(H,28,30,32). The molecular weight excluding hydrogens is 400 g/mol. The number of carbonyl (C=O) groups is 1. The summed E-state index contributed by atoms with van der Waals surface area (Å²) < 4.78 is 0. The summed E-state index contributed by atoms with van der Waals surface area (Å²) in [5, 5.41) is 12.3. The molecule has 0 atom stereocenters. The van der Waals surface area contributed by atoms with E-state index in [0.29, 0.717) is 22.9 Å². The van der Waals surface area contributed by atoms with Crippen LogP contribution in [0.3, 0.4) is 0 Å². The number of hydrogen-bond donors (Lipinski definition) is 3. The number of benzene rings is 3. The van der Waals surface area contributed by atoms with Gasteiger partial charge in [-0.05, 0) is 41.5 Å². The molecule has 0 spiro atoms. The van der Waals surface area contributed by atoms with Crippen LogP contribution < -0.4 is 11.1 Å². The number of nitrogens with two attached hydrogens (primary N) is 1. The van der Waals surface area contributed by atoms with Gasteiger partial charge in [0.15, 0.2) is 5.82 Å². The lowest BCUT2D eigenvalue weighted by Gasteiger charge is -2.10. The number of nitrogens with zero attached hydrogens (tertiary/aromatic N) is 2. The molecule has 1 aromatic heterocycles. The summed E-state index contributed by atoms with van der Waals surface area (Å²) in [7, 11) is 0. The molecule has 158 valence electrons. The lowest BCUT2D eigenvalue weighted by atomic mass is 10.1. The maximum atomic E-state index is 12.6. The van der Waals surface area contributed by atoms with Gasteiger partial charge in [-0.25, -0.2) is 9.97 Å². The van der Waals surface area contributed by atoms with Crippen molar-refractivity contribution in [3.63, 3.8) is 0 Å². The molecule has 6 heteroatoms. The van der Waals surface area contributed by atoms with E-state index in [-0.39, 0.29) is 18.1 Å². The molecule has 0 saturated carbocycles. The summed E-state index contributed by atoms with van der Waals surface area (Å²) in [6, 6.07) is 23.7. The Morgan fingerprint density at radius 1 is 0.938 bits per heavy atom. The Hall–Kier alpha value is -4.45. The summed E-state index contributed by atoms with van der Waals surface area (Å²) in [4.78, 5) is 21.8. The average molecular weight is 422 g/mol. The van der Waals surface area contributed by atoms with Crippen LogP contribution in [0.4, 0.5) is 11.5 Å². The fraction of sp³-hybridized carbons (Fsp3) is 0.0385. The van der Waals surface area contributed by atoms with E-state index in [4.69, 9.17) is 10.7 Å². The minimum Gasteiger partial charge on any atom is -0.508 e. The summed E-state index contributed by atoms with van der Waals surface area (Å²) in [6.07, 6.45) is 5.54. The van der Waals surface area contributed by atoms with Crippen LogP contribution in [0.5, 0.6) is 5.75 Å². The van der Waals surface area contributed by atoms with Crippen LogP contribution in [-0.4, -0.2) is 21.0 Å². The summed E-state index contributed by atoms with van der Waals surface area (Å²) in [5.41, 5.74) is 10.3. The number of aromatic hydroxyl groups is 1. The maximum absolute atomic E-state index is 12.6. The van der Waals surface area contributed by atoms with Gasteiger partial charge in [-0.2, -0.15) is 0 Å². The molecular formula is C26H22N4O2. The predicted molar refractivity (Wildman–Crippen MR) is 128 cm³/mol. The predicted octanol–water partition coefficient (Wildman–Crippen LogP) is 4.78. The van der Waals surface area contributed by atoms with Gasteiger partial charge < -0.3 is 16.2 Å². The molecule has 0 aliphatic carbocycles. The first-order valence-electron chi connectivity index (χ1n) is 10.1. The number of phenols is 1. The van der Waals surface area contributed by atoms with Crippen LogP contribution in [0.15, 0.2) is 85.1 Å². The fourth-order valence-corrected chi connectivity index (χ4v) is 3.12. The summed E-state index contributed by atoms with van der Waals surface area (Å²) in [5.74, 6) is 0.311. The third-order valence-electron chi connectivity index (χ3n) is 4.80. The highest BCUT2D eigenvalue weighted by Gasteiger charge is 2.11. The molecule has 0 saturated heterocycles. The number of nitrogens with one attached hydrogen (secondary N) is 1. The number of hydrogen-bond acceptors (Lipinski definition) is 5. The quantitative estimate of drug-likeness (QED) is 0.388. The van der Waals surface area contributed by atoms with E-state index < -0.39 is 0 Å². The third kappa shape index (κ3) is 5.37. The van der Waals surface area contributed by atoms with Crippen molar-refractivity contribution in [1.29, 1.82) is 0 Å². The van der Waals surface area contributed by atoms with Gasteiger partial charge in [0.2, 0.25) is 5.91 Å². The highest BCUT2D eigenvalue weighted by Crippen LogP contribution is 2.22. The maximum Gasteiger partial charge on any atom is 0.230 e. The zero-order chi connectivity index (χ0) is 22.3. The van der Waals surface area contributed by atoms with E-state index in [9.17, 15) is 9.90 Å². The van der Waals surface area contributed by atoms with Gasteiger partial charge in [-0.15, -0.1) is 0 Å². The second-order valence-corrected chi connectivity index (χ2v) is 7.25. The minimum absolute atomic E-state index is 0.156. The zero-order valence-corrected chi connectivity index (χ0v) is 17.3. The van der Waals surface area contributed by atoms with Crippen molar-refractivity contribution in [1.82, 2.24) is 9.97 Å². The number of nitrogen functional groups attached to an aromatic ring is 1. The minimum atomic E-state index is -0.223. The number of amides is 1. The Morgan fingerprint density at radius 2 is 1.66 bits per heavy atom. The van der Waals surface area contributed by atoms with Gasteiger partial charge in [0.25, 0.3) is 0 Å². The van der Waals surface area contributed by atoms with Gasteiger partial charge in [0.1, 0.15) is 11.4 Å². The van der Waals surface area contributed by atoms with E-state index >= 15 is 0 Å². The fourth-order valence-electron chi connectivity index (χ4n) is 3.12. The Labute approximate surface area is 186 Å². The number of phenolic OH excluding ortho intramolecular Hbond substituents is 1. The highest BCUT2D eigenvalue weighted by molar-refractivity contribution is 5.93. The van der Waals surface area contributed by atoms with Crippen molar-refractivity contribution in [3.05, 3.63) is 102 Å². The van der Waals surface area contributed by atoms with E-state index in [0.717, 1.165) is 16.7 Å². The monoisotopic (exact) mass is 422 g/mol. The number of anilines is 2. The molecule has 0 aliphatic heterocycles. The molecule has 4 N–H and O–H groups in total. The number of carbonyl (C=O) groups excluding carboxylic acids is 1. The normalized spacial score (nSPS) is 10.9. The first-order chi connectivity index (χ1) is 15.6. The zero-order valence-electron chi connectivity index (χ0n) is 17.3. The van der Waals surface area contributed by atoms with E-state index in [1.807, 2.05) is 66.7 Å². The lowest BCUT2D eigenvalue weighted by molar-refractivity contribution is -0.115. The summed E-state index contributed by atoms with van der Waals surface area (Å²) in [6.45, 7) is 0. The van der Waals surface area contributed by atoms with Gasteiger partial charge in [0.05, 0.1) is 18.3 Å². The number of aromatic nitrogens is 2. The molecule has 0 aliphatic rings. The molecule has 0 unspecified atom stereocenters. The Balaban J connectivity index is 1.62. The van der Waals surface area contributed by atoms with E-state index in [1.54, 1.807) is 30.5 Å². The summed E-state index contributed by atoms with van der Waals surface area (Å²) >= 11 is 0. The topological polar surface area (TPSA) is 101 Å². The molecule has 0 fully saturated rings. The van der Waals surface area contributed by atoms with Crippen LogP contribution in [0.1, 0.15) is 16.8 Å². The van der Waals surface area contributed by atoms with Crippen LogP contribution in [0.2, 0.25) is 0 Å². The Morgan fingerprint density at radius 3 is 2.38 bits per heavy atom. The second kappa shape index (κ2) is 9.57. The molecule has 1 heterocycles. The second-order valence-electron chi connectivity index (χ2n) is 7.25. The van der Waals surface area contributed by atoms with E-state index in [1.165, 1.54) is 0 Å². The number of rotatable bonds is 6. The van der Waals surface area contributed by atoms with Crippen molar-refractivity contribution in [2.75, 3.05) is 11.1 Å². The molecule has 6 nitrogen and oxygen atoms in total. The SMILES string of the molecule is Nc1ccc(-c2cnc(NC(=O)Cc3ccc(O)cc3)c(C=Cc3ccccc3)n2)cc1. The van der Waals surface area contributed by atoms with Gasteiger partial charge in [0, 0.05) is 11.3 Å². The third-order valence-corrected chi connectivity index (χ3v) is 4.80. The van der Waals surface area contributed by atoms with Crippen molar-refractivity contribution in [2.45, 2.75) is 6.42 Å². The van der Waals surface area contributed by atoms with Crippen molar-refractivity contribution in [2.24, 2.45) is 0 Å². The van der Waals surface area contributed by atoms with Crippen molar-refractivity contribution < 1.29 is 9.90 Å². The van der Waals surface area contributed by atoms with E-state index in [2.05, 4.69) is 10.3 Å². The van der Waals surface area contributed by atoms with Gasteiger partial charge in [-0.3, -0.25) is 4.79 Å². The largest absolute Gasteiger partial charge is 0.508 e. The first kappa shape index (κ1) is 20.8. The smallest absolute Gasteiger partial charge is 0.230 e. The highest BCUT2D eigenvalue weighted by atomic mass is 16.3. The Bertz CT molecular complexity index is 1240. The molecule has 32 heavy (non-hydrogen) atoms. The van der Waals surface area contributed by atoms with Gasteiger partial charge >= 0.3 is 0 Å². The van der Waals surface area contributed by atoms with Crippen LogP contribution in [0, 0.1) is 0 Å². The molecule has 4 rings (SSSR count). The Kier molecular flexibility index (Phi) is 6.22. The average Bonchev–Trinajstić information content (AvgIpc) is 2.81. The van der Waals surface area contributed by atoms with Crippen LogP contribution >= 0.6 is 0 Å². The van der Waals surface area contributed by atoms with Gasteiger partial charge in [-0.1, -0.05) is 60.7 Å². The van der Waals surface area contributed by atoms with Crippen molar-refractivity contribution >= 4 is 29.6 Å². The van der Waals surface area contributed by atoms with Crippen LogP contribution in [0.25, 0.3) is 23.4 Å². The molecule has 0 bridgehead atoms.